The first kappa shape index (κ1) is 70.3. The van der Waals surface area contributed by atoms with Crippen LogP contribution in [0.25, 0.3) is 38.6 Å². The molecule has 84 heavy (non-hydrogen) atoms. The van der Waals surface area contributed by atoms with Gasteiger partial charge in [0.2, 0.25) is 0 Å². The van der Waals surface area contributed by atoms with Gasteiger partial charge in [-0.05, 0) is 92.7 Å². The number of nitrogens with zero attached hydrogens (tertiary/aromatic N) is 4. The van der Waals surface area contributed by atoms with Gasteiger partial charge in [0.05, 0.1) is 11.4 Å². The predicted octanol–water partition coefficient (Wildman–Crippen LogP) is 24.1. The topological polar surface area (TPSA) is 51.6 Å². The van der Waals surface area contributed by atoms with E-state index in [9.17, 15) is 0 Å². The summed E-state index contributed by atoms with van der Waals surface area (Å²) < 4.78 is 14.6. The van der Waals surface area contributed by atoms with Crippen LogP contribution in [-0.2, 0) is 0 Å². The molecule has 4 nitrogen and oxygen atoms in total. The van der Waals surface area contributed by atoms with Crippen molar-refractivity contribution in [3.8, 4) is 0 Å². The van der Waals surface area contributed by atoms with Gasteiger partial charge < -0.3 is 0 Å². The molecule has 0 aliphatic rings. The molecule has 4 heterocycles. The van der Waals surface area contributed by atoms with Crippen molar-refractivity contribution in [1.82, 2.24) is 19.9 Å². The summed E-state index contributed by atoms with van der Waals surface area (Å²) in [5.41, 5.74) is 9.61. The Balaban J connectivity index is 0.000000212. The molecule has 0 saturated carbocycles. The van der Waals surface area contributed by atoms with Crippen molar-refractivity contribution in [2.75, 3.05) is 0 Å². The number of hydrogen-bond donors (Lipinski definition) is 0. The molecule has 440 valence electrons. The number of halogens is 2. The molecular weight excluding hydrogens is 1460 g/mol. The summed E-state index contributed by atoms with van der Waals surface area (Å²) in [6.45, 7) is 14.1. The van der Waals surface area contributed by atoms with Gasteiger partial charge in [0.25, 0.3) is 0 Å². The van der Waals surface area contributed by atoms with Crippen LogP contribution in [-0.4, -0.2) is 56.7 Å². The minimum atomic E-state index is -2.56. The van der Waals surface area contributed by atoms with Gasteiger partial charge in [0.1, 0.15) is 0 Å². The molecule has 0 radical (unpaired) electrons. The summed E-state index contributed by atoms with van der Waals surface area (Å²) >= 11 is -0.447. The molecule has 0 fully saturated rings. The van der Waals surface area contributed by atoms with Crippen molar-refractivity contribution in [3.05, 3.63) is 264 Å². The molecule has 0 amide bonds. The third-order valence-corrected chi connectivity index (χ3v) is 48.5. The Bertz CT molecular complexity index is 2810. The van der Waals surface area contributed by atoms with Crippen molar-refractivity contribution in [3.63, 3.8) is 0 Å². The van der Waals surface area contributed by atoms with E-state index in [1.54, 1.807) is 13.4 Å². The van der Waals surface area contributed by atoms with Crippen molar-refractivity contribution < 1.29 is 0 Å². The van der Waals surface area contributed by atoms with Crippen molar-refractivity contribution >= 4 is 121 Å². The Morgan fingerprint density at radius 3 is 1.02 bits per heavy atom. The summed E-state index contributed by atoms with van der Waals surface area (Å²) in [6.07, 6.45) is 32.8. The Morgan fingerprint density at radius 2 is 0.643 bits per heavy atom. The van der Waals surface area contributed by atoms with Crippen LogP contribution in [0.3, 0.4) is 0 Å². The quantitative estimate of drug-likeness (QED) is 0.0362. The van der Waals surface area contributed by atoms with E-state index in [1.165, 1.54) is 135 Å². The van der Waals surface area contributed by atoms with Gasteiger partial charge >= 0.3 is 343 Å². The summed E-state index contributed by atoms with van der Waals surface area (Å²) in [4.78, 5) is 18.1. The molecule has 0 aliphatic heterocycles. The largest absolute Gasteiger partial charge is 0.257 e. The molecule has 0 saturated heterocycles. The van der Waals surface area contributed by atoms with Crippen molar-refractivity contribution in [1.29, 1.82) is 0 Å². The average Bonchev–Trinajstić information content (AvgIpc) is 3.75. The fourth-order valence-electron chi connectivity index (χ4n) is 10.7. The molecule has 0 bridgehead atoms. The van der Waals surface area contributed by atoms with Gasteiger partial charge in [-0.15, -0.1) is 0 Å². The van der Waals surface area contributed by atoms with E-state index in [0.29, 0.717) is 0 Å². The summed E-state index contributed by atoms with van der Waals surface area (Å²) in [6, 6.07) is 67.3. The zero-order valence-electron chi connectivity index (χ0n) is 51.4. The zero-order valence-corrected chi connectivity index (χ0v) is 61.4. The van der Waals surface area contributed by atoms with E-state index in [0.717, 1.165) is 20.7 Å². The van der Waals surface area contributed by atoms with Crippen LogP contribution >= 0.6 is 45.2 Å². The van der Waals surface area contributed by atoms with Gasteiger partial charge in [0.15, 0.2) is 0 Å². The minimum absolute atomic E-state index is 0.991. The van der Waals surface area contributed by atoms with Gasteiger partial charge in [0, 0.05) is 19.6 Å². The molecule has 0 atom stereocenters. The summed E-state index contributed by atoms with van der Waals surface area (Å²) in [7, 11) is 0. The molecular formula is C76H94I2N4Sn2. The minimum Gasteiger partial charge on any atom is -0.257 e. The molecule has 4 aromatic heterocycles. The first-order chi connectivity index (χ1) is 41.2. The molecule has 0 unspecified atom stereocenters. The maximum atomic E-state index is 4.85. The summed E-state index contributed by atoms with van der Waals surface area (Å²) in [5.74, 6) is 0. The number of benzene rings is 4. The summed E-state index contributed by atoms with van der Waals surface area (Å²) in [5, 5.41) is 0. The molecule has 8 rings (SSSR count). The van der Waals surface area contributed by atoms with Crippen LogP contribution in [0, 0.1) is 0 Å². The Labute approximate surface area is 543 Å². The fraction of sp³-hybridized carbons (Fsp3) is 0.316. The first-order valence-corrected chi connectivity index (χ1v) is 48.4. The van der Waals surface area contributed by atoms with Crippen LogP contribution in [0.2, 0.25) is 26.6 Å². The number of rotatable bonds is 28. The van der Waals surface area contributed by atoms with E-state index in [4.69, 9.17) is 4.98 Å². The maximum Gasteiger partial charge on any atom is 0.0763 e. The van der Waals surface area contributed by atoms with E-state index in [1.807, 2.05) is 104 Å². The number of unbranched alkanes of at least 4 members (excludes halogenated alkanes) is 6. The third kappa shape index (κ3) is 25.4. The van der Waals surface area contributed by atoms with Crippen LogP contribution < -0.4 is 0 Å². The normalized spacial score (nSPS) is 12.0. The Morgan fingerprint density at radius 1 is 0.310 bits per heavy atom. The van der Waals surface area contributed by atoms with Crippen molar-refractivity contribution in [2.45, 2.75) is 145 Å². The predicted molar refractivity (Wildman–Crippen MR) is 392 cm³/mol. The third-order valence-electron chi connectivity index (χ3n) is 15.3. The second-order valence-electron chi connectivity index (χ2n) is 21.8. The zero-order chi connectivity index (χ0) is 59.8. The van der Waals surface area contributed by atoms with Crippen LogP contribution in [0.15, 0.2) is 219 Å². The smallest absolute Gasteiger partial charge is 0.0763 e. The molecule has 8 aromatic rings. The van der Waals surface area contributed by atoms with E-state index in [-0.39, 0.29) is 0 Å². The Kier molecular flexibility index (Phi) is 35.4. The molecule has 0 N–H and O–H groups in total. The second kappa shape index (κ2) is 42.4. The second-order valence-corrected chi connectivity index (χ2v) is 50.4. The fourth-order valence-corrected chi connectivity index (χ4v) is 45.4. The molecule has 4 aromatic carbocycles. The SMILES string of the molecule is CCC[CH2][Sn]([CH2]CCC)([CH2]CCC)/[C](=C/c1ccccc1)c1ccccn1.CCC[CH2][Sn]([CH2]CCC)([CH2]CCC)/[C](=C/c1ccccn1)c1ccccc1.I/C(=C/c1ccccc1)c1ccccn1.I/C(=C/c1ccccn1)c1ccccc1. The molecule has 0 spiro atoms. The van der Waals surface area contributed by atoms with Gasteiger partial charge in [-0.3, -0.25) is 9.97 Å². The first-order valence-electron chi connectivity index (χ1n) is 31.3. The van der Waals surface area contributed by atoms with Gasteiger partial charge in [-0.2, -0.15) is 0 Å². The standard InChI is InChI=1S/2C13H10IN.2C13H10N.6C4H9.2Sn/c14-13(11-6-2-1-3-7-11)10-12-8-4-5-9-15-12;14-12(13-8-4-5-9-15-13)10-11-6-2-1-3-7-11;2*1-2-6-12(7-3-1)9-10-13-8-4-5-11-14-13;6*1-3-4-2;;/h2*1-10H;1-8,10-11H;1-9,11H;6*1,3-4H2,2H3;;/b13-10+;12-10+;;;;;;;;;;. The van der Waals surface area contributed by atoms with E-state index >= 15 is 0 Å². The number of aromatic nitrogens is 4. The van der Waals surface area contributed by atoms with Gasteiger partial charge in [-0.25, -0.2) is 0 Å². The average molecular weight is 1550 g/mol. The van der Waals surface area contributed by atoms with Crippen LogP contribution in [0.4, 0.5) is 0 Å². The van der Waals surface area contributed by atoms with E-state index < -0.39 is 36.8 Å². The van der Waals surface area contributed by atoms with Gasteiger partial charge in [-0.1, -0.05) is 72.8 Å². The van der Waals surface area contributed by atoms with Crippen molar-refractivity contribution in [2.24, 2.45) is 0 Å². The van der Waals surface area contributed by atoms with Crippen LogP contribution in [0.1, 0.15) is 164 Å². The van der Waals surface area contributed by atoms with E-state index in [2.05, 4.69) is 235 Å². The number of hydrogen-bond acceptors (Lipinski definition) is 4. The maximum absolute atomic E-state index is 4.85. The molecule has 0 aliphatic carbocycles. The Hall–Kier alpha value is -4.50. The number of pyridine rings is 4. The van der Waals surface area contributed by atoms with Crippen LogP contribution in [0.5, 0.6) is 0 Å². The monoisotopic (exact) mass is 1560 g/mol. The molecule has 8 heteroatoms.